The third-order valence-electron chi connectivity index (χ3n) is 14.8. The molecule has 0 aliphatic rings. The summed E-state index contributed by atoms with van der Waals surface area (Å²) < 4.78 is 22.8. The van der Waals surface area contributed by atoms with Gasteiger partial charge >= 0.3 is 11.9 Å². The Morgan fingerprint density at radius 2 is 0.581 bits per heavy atom. The lowest BCUT2D eigenvalue weighted by molar-refractivity contribution is -0.870. The highest BCUT2D eigenvalue weighted by Crippen LogP contribution is 2.16. The lowest BCUT2D eigenvalue weighted by atomic mass is 10.0. The monoisotopic (exact) mass is 1280 g/mol. The number of aliphatic carboxylic acids is 1. The van der Waals surface area contributed by atoms with E-state index in [4.69, 9.17) is 18.9 Å². The van der Waals surface area contributed by atoms with Gasteiger partial charge in [-0.2, -0.15) is 0 Å². The number of hydrogen-bond acceptors (Lipinski definition) is 8. The molecule has 0 radical (unpaired) electrons. The summed E-state index contributed by atoms with van der Waals surface area (Å²) >= 11 is 0. The second kappa shape index (κ2) is 72.0. The van der Waals surface area contributed by atoms with Gasteiger partial charge in [0.2, 0.25) is 0 Å². The molecule has 522 valence electrons. The molecule has 2 atom stereocenters. The van der Waals surface area contributed by atoms with Gasteiger partial charge in [0, 0.05) is 12.8 Å². The maximum absolute atomic E-state index is 12.9. The van der Waals surface area contributed by atoms with Crippen LogP contribution in [0.15, 0.2) is 194 Å². The zero-order valence-electron chi connectivity index (χ0n) is 59.5. The highest BCUT2D eigenvalue weighted by Gasteiger charge is 2.22. The molecule has 0 rings (SSSR count). The van der Waals surface area contributed by atoms with Crippen molar-refractivity contribution in [3.63, 3.8) is 0 Å². The van der Waals surface area contributed by atoms with Crippen LogP contribution in [-0.4, -0.2) is 82.3 Å². The number of ether oxygens (including phenoxy) is 4. The van der Waals surface area contributed by atoms with Crippen LogP contribution in [0.1, 0.15) is 258 Å². The van der Waals surface area contributed by atoms with E-state index in [9.17, 15) is 19.5 Å². The summed E-state index contributed by atoms with van der Waals surface area (Å²) in [5, 5.41) is 11.8. The van der Waals surface area contributed by atoms with Gasteiger partial charge in [-0.25, -0.2) is 0 Å². The molecule has 0 heterocycles. The van der Waals surface area contributed by atoms with E-state index in [2.05, 4.69) is 208 Å². The van der Waals surface area contributed by atoms with E-state index in [-0.39, 0.29) is 38.6 Å². The first-order valence-corrected chi connectivity index (χ1v) is 36.6. The topological polar surface area (TPSA) is 111 Å². The van der Waals surface area contributed by atoms with E-state index in [0.29, 0.717) is 17.4 Å². The summed E-state index contributed by atoms with van der Waals surface area (Å²) in [5.41, 5.74) is 0. The SMILES string of the molecule is CC/C=C\C/C=C\C/C=C\C/C=C\C/C=C\C/C=C\C/C=C\C/C=C\C/C=C\C/C=C\C/C=C\C/C=C\CCCCCCC(=O)OC(COC(=O)CCCCCCCCCCCCCCCC/C=C\C/C=C\C/C=C\C/C=C\CC)COC(OCC[N+](C)(C)C)C(=O)[O-]. The predicted molar refractivity (Wildman–Crippen MR) is 397 cm³/mol. The number of carboxylic acid groups (broad SMARTS) is 1. The Hall–Kier alpha value is -5.87. The lowest BCUT2D eigenvalue weighted by Gasteiger charge is -2.26. The highest BCUT2D eigenvalue weighted by atomic mass is 16.7. The number of carbonyl (C=O) groups excluding carboxylic acids is 3. The van der Waals surface area contributed by atoms with E-state index < -0.39 is 24.3 Å². The van der Waals surface area contributed by atoms with Crippen molar-refractivity contribution in [3.05, 3.63) is 194 Å². The molecular weight excluding hydrogens is 1150 g/mol. The number of allylic oxidation sites excluding steroid dienone is 32. The predicted octanol–water partition coefficient (Wildman–Crippen LogP) is 22.0. The van der Waals surface area contributed by atoms with Gasteiger partial charge in [-0.05, 0) is 141 Å². The van der Waals surface area contributed by atoms with Crippen molar-refractivity contribution in [1.29, 1.82) is 0 Å². The molecule has 0 fully saturated rings. The summed E-state index contributed by atoms with van der Waals surface area (Å²) in [6.07, 6.45) is 108. The minimum absolute atomic E-state index is 0.132. The molecule has 0 saturated carbocycles. The van der Waals surface area contributed by atoms with Crippen LogP contribution in [0.5, 0.6) is 0 Å². The van der Waals surface area contributed by atoms with Crippen LogP contribution in [0, 0.1) is 0 Å². The van der Waals surface area contributed by atoms with Crippen LogP contribution < -0.4 is 5.11 Å². The van der Waals surface area contributed by atoms with Crippen LogP contribution in [0.3, 0.4) is 0 Å². The number of unbranched alkanes of at least 4 members (excludes halogenated alkanes) is 18. The first kappa shape index (κ1) is 87.1. The van der Waals surface area contributed by atoms with Crippen LogP contribution in [0.25, 0.3) is 0 Å². The van der Waals surface area contributed by atoms with Crippen molar-refractivity contribution in [3.8, 4) is 0 Å². The van der Waals surface area contributed by atoms with Gasteiger partial charge in [0.25, 0.3) is 0 Å². The van der Waals surface area contributed by atoms with Gasteiger partial charge in [-0.15, -0.1) is 0 Å². The standard InChI is InChI=1S/C84H133NO8/c1-6-8-10-12-14-16-18-20-22-24-26-28-30-32-34-35-36-37-38-39-40-41-42-43-44-45-46-47-49-51-53-55-57-59-61-63-65-67-69-71-73-75-82(87)93-80(79-92-84(83(88)89)90-77-76-85(3,4)5)78-91-81(86)74-72-70-68-66-64-62-60-58-56-54-52-50-48-33-31-29-27-25-23-21-19-17-15-13-11-9-7-2/h8-11,14-17,20-23,26-29,32,34,36-37,39-40,42-43,45-46,49,51,55,57,61,63,80,84H,6-7,12-13,18-19,24-25,30-31,33,35,38,41,44,47-48,50,52-54,56,58-60,62,64-79H2,1-5H3/b10-8-,11-9-,16-14-,17-15-,22-20-,23-21-,28-26-,29-27-,34-32-,37-36-,40-39-,43-42-,46-45-,51-49-,57-55-,63-61-. The number of esters is 2. The minimum Gasteiger partial charge on any atom is -0.545 e. The van der Waals surface area contributed by atoms with Gasteiger partial charge in [0.1, 0.15) is 13.2 Å². The fraction of sp³-hybridized carbons (Fsp3) is 0.583. The Morgan fingerprint density at radius 1 is 0.323 bits per heavy atom. The van der Waals surface area contributed by atoms with Crippen LogP contribution in [0.4, 0.5) is 0 Å². The normalized spacial score (nSPS) is 13.9. The van der Waals surface area contributed by atoms with Gasteiger partial charge < -0.3 is 33.3 Å². The molecule has 0 spiro atoms. The van der Waals surface area contributed by atoms with Gasteiger partial charge in [-0.1, -0.05) is 298 Å². The average molecular weight is 1280 g/mol. The Bertz CT molecular complexity index is 2230. The summed E-state index contributed by atoms with van der Waals surface area (Å²) in [6, 6.07) is 0. The third kappa shape index (κ3) is 73.4. The number of nitrogens with zero attached hydrogens (tertiary/aromatic N) is 1. The Balaban J connectivity index is 4.23. The zero-order chi connectivity index (χ0) is 67.5. The van der Waals surface area contributed by atoms with Gasteiger partial charge in [0.05, 0.1) is 40.3 Å². The second-order valence-corrected chi connectivity index (χ2v) is 24.8. The van der Waals surface area contributed by atoms with Gasteiger partial charge in [0.15, 0.2) is 12.4 Å². The molecule has 0 aromatic heterocycles. The first-order valence-electron chi connectivity index (χ1n) is 36.6. The van der Waals surface area contributed by atoms with Crippen molar-refractivity contribution < 1.29 is 42.9 Å². The quantitative estimate of drug-likeness (QED) is 0.0195. The van der Waals surface area contributed by atoms with Crippen molar-refractivity contribution in [2.75, 3.05) is 47.5 Å². The van der Waals surface area contributed by atoms with Gasteiger partial charge in [-0.3, -0.25) is 9.59 Å². The zero-order valence-corrected chi connectivity index (χ0v) is 59.5. The van der Waals surface area contributed by atoms with E-state index >= 15 is 0 Å². The van der Waals surface area contributed by atoms with E-state index in [1.165, 1.54) is 77.0 Å². The second-order valence-electron chi connectivity index (χ2n) is 24.8. The average Bonchev–Trinajstić information content (AvgIpc) is 3.38. The molecule has 93 heavy (non-hydrogen) atoms. The van der Waals surface area contributed by atoms with E-state index in [1.807, 2.05) is 21.1 Å². The molecule has 0 amide bonds. The van der Waals surface area contributed by atoms with Crippen molar-refractivity contribution in [2.24, 2.45) is 0 Å². The molecule has 0 aliphatic carbocycles. The van der Waals surface area contributed by atoms with E-state index in [1.54, 1.807) is 0 Å². The van der Waals surface area contributed by atoms with Crippen LogP contribution >= 0.6 is 0 Å². The number of rotatable bonds is 65. The summed E-state index contributed by atoms with van der Waals surface area (Å²) in [6.45, 7) is 4.48. The molecule has 0 aromatic carbocycles. The molecule has 9 heteroatoms. The minimum atomic E-state index is -1.64. The summed E-state index contributed by atoms with van der Waals surface area (Å²) in [7, 11) is 5.91. The third-order valence-corrected chi connectivity index (χ3v) is 14.8. The molecule has 2 unspecified atom stereocenters. The Morgan fingerprint density at radius 3 is 0.860 bits per heavy atom. The van der Waals surface area contributed by atoms with E-state index in [0.717, 1.165) is 148 Å². The number of carboxylic acids is 1. The highest BCUT2D eigenvalue weighted by molar-refractivity contribution is 5.70. The number of carbonyl (C=O) groups is 3. The smallest absolute Gasteiger partial charge is 0.306 e. The molecule has 9 nitrogen and oxygen atoms in total. The Kier molecular flexibility index (Phi) is 67.4. The lowest BCUT2D eigenvalue weighted by Crippen LogP contribution is -2.44. The fourth-order valence-electron chi connectivity index (χ4n) is 9.33. The number of likely N-dealkylation sites (N-methyl/N-ethyl adjacent to an activating group) is 1. The van der Waals surface area contributed by atoms with Crippen molar-refractivity contribution in [1.82, 2.24) is 0 Å². The van der Waals surface area contributed by atoms with Crippen molar-refractivity contribution in [2.45, 2.75) is 270 Å². The van der Waals surface area contributed by atoms with Crippen LogP contribution in [0.2, 0.25) is 0 Å². The Labute approximate surface area is 570 Å². The molecule has 0 N–H and O–H groups in total. The number of hydrogen-bond donors (Lipinski definition) is 0. The maximum Gasteiger partial charge on any atom is 0.306 e. The van der Waals surface area contributed by atoms with Crippen LogP contribution in [-0.2, 0) is 33.3 Å². The van der Waals surface area contributed by atoms with Crippen molar-refractivity contribution >= 4 is 17.9 Å². The summed E-state index contributed by atoms with van der Waals surface area (Å²) in [4.78, 5) is 37.5. The maximum atomic E-state index is 12.9. The molecule has 0 aliphatic heterocycles. The fourth-order valence-corrected chi connectivity index (χ4v) is 9.33. The first-order chi connectivity index (χ1) is 45.6. The molecule has 0 saturated heterocycles. The molecule has 0 bridgehead atoms. The molecular formula is C84H133NO8. The summed E-state index contributed by atoms with van der Waals surface area (Å²) in [5.74, 6) is -2.33. The number of quaternary nitrogens is 1. The largest absolute Gasteiger partial charge is 0.545 e. The molecule has 0 aromatic rings.